The summed E-state index contributed by atoms with van der Waals surface area (Å²) < 4.78 is 19.2. The third kappa shape index (κ3) is 8.08. The van der Waals surface area contributed by atoms with Crippen LogP contribution in [0.3, 0.4) is 0 Å². The quantitative estimate of drug-likeness (QED) is 0.203. The molecule has 0 bridgehead atoms. The molecule has 6 nitrogen and oxygen atoms in total. The van der Waals surface area contributed by atoms with Crippen molar-refractivity contribution >= 4 is 29.9 Å². The van der Waals surface area contributed by atoms with Crippen molar-refractivity contribution in [3.05, 3.63) is 89.9 Å². The topological polar surface area (TPSA) is 78.8 Å². The molecule has 1 heterocycles. The molecule has 0 saturated carbocycles. The lowest BCUT2D eigenvalue weighted by atomic mass is 10.1. The van der Waals surface area contributed by atoms with Crippen molar-refractivity contribution < 1.29 is 14.2 Å². The lowest BCUT2D eigenvalue weighted by Gasteiger charge is -2.15. The highest BCUT2D eigenvalue weighted by atomic mass is 127. The number of aliphatic hydroxyl groups excluding tert-OH is 1. The van der Waals surface area contributed by atoms with Crippen LogP contribution in [0.5, 0.6) is 11.6 Å². The Bertz CT molecular complexity index is 988. The van der Waals surface area contributed by atoms with Crippen molar-refractivity contribution in [1.29, 1.82) is 0 Å². The van der Waals surface area contributed by atoms with E-state index in [0.717, 1.165) is 11.1 Å². The van der Waals surface area contributed by atoms with Crippen LogP contribution in [0.15, 0.2) is 77.9 Å². The molecule has 3 N–H and O–H groups in total. The summed E-state index contributed by atoms with van der Waals surface area (Å²) in [5.41, 5.74) is 1.66. The Morgan fingerprint density at radius 2 is 1.91 bits per heavy atom. The molecule has 0 radical (unpaired) electrons. The van der Waals surface area contributed by atoms with E-state index < -0.39 is 6.10 Å². The molecule has 1 atom stereocenters. The summed E-state index contributed by atoms with van der Waals surface area (Å²) in [6.45, 7) is 3.57. The highest BCUT2D eigenvalue weighted by Gasteiger charge is 2.09. The van der Waals surface area contributed by atoms with E-state index in [1.54, 1.807) is 24.4 Å². The molecule has 0 amide bonds. The van der Waals surface area contributed by atoms with Crippen LogP contribution in [-0.2, 0) is 6.54 Å². The summed E-state index contributed by atoms with van der Waals surface area (Å²) in [4.78, 5) is 8.85. The zero-order chi connectivity index (χ0) is 21.9. The van der Waals surface area contributed by atoms with E-state index >= 15 is 0 Å². The summed E-state index contributed by atoms with van der Waals surface area (Å²) >= 11 is 0. The molecule has 1 unspecified atom stereocenters. The molecular weight excluding hydrogens is 522 g/mol. The predicted molar refractivity (Wildman–Crippen MR) is 135 cm³/mol. The Morgan fingerprint density at radius 3 is 2.66 bits per heavy atom. The fourth-order valence-electron chi connectivity index (χ4n) is 2.95. The summed E-state index contributed by atoms with van der Waals surface area (Å²) in [6, 6.07) is 19.2. The number of ether oxygens (including phenoxy) is 1. The van der Waals surface area contributed by atoms with Gasteiger partial charge in [0.1, 0.15) is 11.6 Å². The summed E-state index contributed by atoms with van der Waals surface area (Å²) in [5.74, 6) is 1.02. The van der Waals surface area contributed by atoms with Gasteiger partial charge in [0.05, 0.1) is 12.6 Å². The minimum absolute atomic E-state index is 0. The van der Waals surface area contributed by atoms with E-state index in [0.29, 0.717) is 43.6 Å². The van der Waals surface area contributed by atoms with Crippen molar-refractivity contribution in [3.63, 3.8) is 0 Å². The van der Waals surface area contributed by atoms with E-state index in [9.17, 15) is 9.50 Å². The van der Waals surface area contributed by atoms with Gasteiger partial charge in [-0.3, -0.25) is 0 Å². The maximum Gasteiger partial charge on any atom is 0.224 e. The van der Waals surface area contributed by atoms with Crippen LogP contribution in [0.4, 0.5) is 4.39 Å². The number of aromatic nitrogens is 1. The molecule has 32 heavy (non-hydrogen) atoms. The number of rotatable bonds is 9. The number of hydrogen-bond acceptors (Lipinski definition) is 4. The zero-order valence-electron chi connectivity index (χ0n) is 17.9. The van der Waals surface area contributed by atoms with E-state index in [1.807, 2.05) is 43.3 Å². The fraction of sp³-hybridized carbons (Fsp3) is 0.250. The Labute approximate surface area is 205 Å². The molecule has 0 saturated heterocycles. The van der Waals surface area contributed by atoms with Crippen molar-refractivity contribution in [1.82, 2.24) is 15.6 Å². The van der Waals surface area contributed by atoms with E-state index in [-0.39, 0.29) is 29.8 Å². The number of guanidine groups is 1. The SMILES string of the molecule is CCNC(=NCc1cccnc1Oc1cccc(F)c1)NCCC(O)c1ccccc1.I. The van der Waals surface area contributed by atoms with Gasteiger partial charge in [0.15, 0.2) is 5.96 Å². The first-order valence-electron chi connectivity index (χ1n) is 10.3. The minimum atomic E-state index is -0.541. The third-order valence-corrected chi connectivity index (χ3v) is 4.51. The number of nitrogens with one attached hydrogen (secondary N) is 2. The van der Waals surface area contributed by atoms with E-state index in [4.69, 9.17) is 4.74 Å². The first-order chi connectivity index (χ1) is 15.2. The van der Waals surface area contributed by atoms with Gasteiger partial charge in [0.2, 0.25) is 5.88 Å². The molecule has 3 rings (SSSR count). The molecule has 2 aromatic carbocycles. The molecule has 3 aromatic rings. The molecule has 0 aliphatic carbocycles. The number of aliphatic hydroxyl groups is 1. The summed E-state index contributed by atoms with van der Waals surface area (Å²) in [6.07, 6.45) is 1.63. The predicted octanol–water partition coefficient (Wildman–Crippen LogP) is 4.81. The summed E-state index contributed by atoms with van der Waals surface area (Å²) in [5, 5.41) is 16.7. The average molecular weight is 550 g/mol. The highest BCUT2D eigenvalue weighted by molar-refractivity contribution is 14.0. The van der Waals surface area contributed by atoms with Gasteiger partial charge in [-0.2, -0.15) is 0 Å². The minimum Gasteiger partial charge on any atom is -0.439 e. The van der Waals surface area contributed by atoms with E-state index in [2.05, 4.69) is 20.6 Å². The Hall–Kier alpha value is -2.72. The maximum atomic E-state index is 13.4. The van der Waals surface area contributed by atoms with Gasteiger partial charge >= 0.3 is 0 Å². The number of halogens is 2. The second-order valence-electron chi connectivity index (χ2n) is 6.86. The number of pyridine rings is 1. The van der Waals surface area contributed by atoms with E-state index in [1.165, 1.54) is 12.1 Å². The second kappa shape index (κ2) is 13.6. The van der Waals surface area contributed by atoms with Crippen LogP contribution in [0, 0.1) is 5.82 Å². The number of hydrogen-bond donors (Lipinski definition) is 3. The average Bonchev–Trinajstić information content (AvgIpc) is 2.79. The Morgan fingerprint density at radius 1 is 1.09 bits per heavy atom. The Kier molecular flexibility index (Phi) is 10.9. The Balaban J connectivity index is 0.00000363. The van der Waals surface area contributed by atoms with Crippen LogP contribution >= 0.6 is 24.0 Å². The lowest BCUT2D eigenvalue weighted by Crippen LogP contribution is -2.38. The van der Waals surface area contributed by atoms with Crippen molar-refractivity contribution in [2.45, 2.75) is 26.0 Å². The van der Waals surface area contributed by atoms with Crippen LogP contribution in [0.2, 0.25) is 0 Å². The molecule has 0 aliphatic heterocycles. The van der Waals surface area contributed by atoms with Gasteiger partial charge in [-0.15, -0.1) is 24.0 Å². The van der Waals surface area contributed by atoms with Gasteiger partial charge in [-0.25, -0.2) is 14.4 Å². The summed E-state index contributed by atoms with van der Waals surface area (Å²) in [7, 11) is 0. The van der Waals surface area contributed by atoms with Gasteiger partial charge < -0.3 is 20.5 Å². The molecule has 1 aromatic heterocycles. The molecule has 0 fully saturated rings. The third-order valence-electron chi connectivity index (χ3n) is 4.51. The largest absolute Gasteiger partial charge is 0.439 e. The van der Waals surface area contributed by atoms with Gasteiger partial charge in [-0.05, 0) is 37.1 Å². The standard InChI is InChI=1S/C24H27FN4O2.HI/c1-2-26-24(28-15-13-22(30)18-8-4-3-5-9-18)29-17-19-10-7-14-27-23(19)31-21-12-6-11-20(25)16-21;/h3-12,14,16,22,30H,2,13,15,17H2,1H3,(H2,26,28,29);1H. The van der Waals surface area contributed by atoms with Gasteiger partial charge in [-0.1, -0.05) is 42.5 Å². The van der Waals surface area contributed by atoms with Crippen LogP contribution in [0.1, 0.15) is 30.6 Å². The van der Waals surface area contributed by atoms with Crippen LogP contribution < -0.4 is 15.4 Å². The second-order valence-corrected chi connectivity index (χ2v) is 6.86. The number of nitrogens with zero attached hydrogens (tertiary/aromatic N) is 2. The smallest absolute Gasteiger partial charge is 0.224 e. The first-order valence-corrected chi connectivity index (χ1v) is 10.3. The normalized spacial score (nSPS) is 11.9. The highest BCUT2D eigenvalue weighted by Crippen LogP contribution is 2.24. The lowest BCUT2D eigenvalue weighted by molar-refractivity contribution is 0.168. The number of aliphatic imine (C=N–C) groups is 1. The fourth-order valence-corrected chi connectivity index (χ4v) is 2.95. The van der Waals surface area contributed by atoms with Crippen molar-refractivity contribution in [2.75, 3.05) is 13.1 Å². The first kappa shape index (κ1) is 25.5. The van der Waals surface area contributed by atoms with Crippen molar-refractivity contribution in [2.24, 2.45) is 4.99 Å². The zero-order valence-corrected chi connectivity index (χ0v) is 20.2. The van der Waals surface area contributed by atoms with Crippen LogP contribution in [0.25, 0.3) is 0 Å². The van der Waals surface area contributed by atoms with Gasteiger partial charge in [0, 0.05) is 30.9 Å². The monoisotopic (exact) mass is 550 g/mol. The molecule has 8 heteroatoms. The van der Waals surface area contributed by atoms with Gasteiger partial charge in [0.25, 0.3) is 0 Å². The molecule has 0 aliphatic rings. The van der Waals surface area contributed by atoms with Crippen molar-refractivity contribution in [3.8, 4) is 11.6 Å². The van der Waals surface area contributed by atoms with Crippen LogP contribution in [-0.4, -0.2) is 29.1 Å². The molecule has 0 spiro atoms. The number of benzene rings is 2. The molecular formula is C24H28FIN4O2. The maximum absolute atomic E-state index is 13.4. The molecule has 170 valence electrons.